The van der Waals surface area contributed by atoms with Gasteiger partial charge in [0.2, 0.25) is 0 Å². The van der Waals surface area contributed by atoms with Gasteiger partial charge in [-0.25, -0.2) is 9.97 Å². The topological polar surface area (TPSA) is 95.9 Å². The molecule has 2 aromatic rings. The monoisotopic (exact) mass is 428 g/mol. The molecule has 0 radical (unpaired) electrons. The Morgan fingerprint density at radius 1 is 1.27 bits per heavy atom. The molecule has 2 aliphatic rings. The summed E-state index contributed by atoms with van der Waals surface area (Å²) in [5.41, 5.74) is 1.03. The number of ether oxygens (including phenoxy) is 1. The van der Waals surface area contributed by atoms with Crippen molar-refractivity contribution >= 4 is 28.8 Å². The van der Waals surface area contributed by atoms with Crippen LogP contribution in [-0.2, 0) is 14.3 Å². The number of nitrogens with zero attached hydrogens (tertiary/aromatic N) is 4. The number of aryl methyl sites for hydroxylation is 2. The Kier molecular flexibility index (Phi) is 5.94. The smallest absolute Gasteiger partial charge is 0.295 e. The van der Waals surface area contributed by atoms with Crippen LogP contribution >= 0.6 is 11.3 Å². The number of carbonyl (C=O) groups excluding carboxylic acids is 2. The highest BCUT2D eigenvalue weighted by molar-refractivity contribution is 7.10. The zero-order valence-corrected chi connectivity index (χ0v) is 17.8. The molecule has 4 heterocycles. The van der Waals surface area contributed by atoms with Crippen molar-refractivity contribution in [3.05, 3.63) is 51.2 Å². The molecule has 2 fully saturated rings. The van der Waals surface area contributed by atoms with Crippen LogP contribution in [0.25, 0.3) is 5.76 Å². The molecule has 2 saturated heterocycles. The maximum absolute atomic E-state index is 13.0. The van der Waals surface area contributed by atoms with Crippen LogP contribution in [-0.4, -0.2) is 76.0 Å². The van der Waals surface area contributed by atoms with E-state index in [1.807, 2.05) is 17.5 Å². The minimum atomic E-state index is -0.673. The summed E-state index contributed by atoms with van der Waals surface area (Å²) in [6.45, 7) is 7.48. The van der Waals surface area contributed by atoms with Gasteiger partial charge in [0.1, 0.15) is 11.6 Å². The van der Waals surface area contributed by atoms with Crippen LogP contribution in [0.1, 0.15) is 28.0 Å². The van der Waals surface area contributed by atoms with E-state index in [1.54, 1.807) is 18.7 Å². The lowest BCUT2D eigenvalue weighted by Gasteiger charge is -2.30. The zero-order chi connectivity index (χ0) is 21.3. The molecule has 1 N–H and O–H groups in total. The van der Waals surface area contributed by atoms with Crippen LogP contribution in [0.4, 0.5) is 0 Å². The van der Waals surface area contributed by atoms with E-state index in [0.717, 1.165) is 18.0 Å². The minimum absolute atomic E-state index is 0.0972. The molecule has 2 aromatic heterocycles. The number of aromatic nitrogens is 2. The quantitative estimate of drug-likeness (QED) is 0.441. The van der Waals surface area contributed by atoms with Gasteiger partial charge in [-0.3, -0.25) is 14.5 Å². The van der Waals surface area contributed by atoms with Crippen molar-refractivity contribution in [3.8, 4) is 0 Å². The van der Waals surface area contributed by atoms with Crippen LogP contribution in [0.5, 0.6) is 0 Å². The van der Waals surface area contributed by atoms with Crippen molar-refractivity contribution in [3.63, 3.8) is 0 Å². The Bertz CT molecular complexity index is 983. The molecule has 30 heavy (non-hydrogen) atoms. The minimum Gasteiger partial charge on any atom is -0.507 e. The number of hydrogen-bond donors (Lipinski definition) is 1. The maximum atomic E-state index is 13.0. The largest absolute Gasteiger partial charge is 0.507 e. The first kappa shape index (κ1) is 20.6. The molecule has 4 rings (SSSR count). The number of ketones is 1. The molecule has 0 aromatic carbocycles. The Morgan fingerprint density at radius 3 is 2.70 bits per heavy atom. The number of aliphatic hydroxyl groups excluding tert-OH is 1. The second-order valence-corrected chi connectivity index (χ2v) is 8.36. The van der Waals surface area contributed by atoms with Crippen LogP contribution in [0.2, 0.25) is 0 Å². The summed E-state index contributed by atoms with van der Waals surface area (Å²) < 4.78 is 5.38. The number of thiophene rings is 1. The fourth-order valence-corrected chi connectivity index (χ4v) is 4.73. The van der Waals surface area contributed by atoms with Crippen LogP contribution in [0.15, 0.2) is 29.3 Å². The van der Waals surface area contributed by atoms with Gasteiger partial charge >= 0.3 is 0 Å². The van der Waals surface area contributed by atoms with E-state index < -0.39 is 17.7 Å². The third-order valence-corrected chi connectivity index (χ3v) is 6.39. The van der Waals surface area contributed by atoms with E-state index in [4.69, 9.17) is 4.74 Å². The lowest BCUT2D eigenvalue weighted by molar-refractivity contribution is -0.140. The van der Waals surface area contributed by atoms with Gasteiger partial charge in [-0.2, -0.15) is 0 Å². The van der Waals surface area contributed by atoms with Gasteiger partial charge in [0.05, 0.1) is 36.1 Å². The Hall–Kier alpha value is -2.62. The maximum Gasteiger partial charge on any atom is 0.295 e. The highest BCUT2D eigenvalue weighted by Gasteiger charge is 2.46. The third kappa shape index (κ3) is 3.88. The third-order valence-electron chi connectivity index (χ3n) is 5.47. The van der Waals surface area contributed by atoms with E-state index in [-0.39, 0.29) is 11.3 Å². The summed E-state index contributed by atoms with van der Waals surface area (Å²) in [5.74, 6) is -0.912. The number of hydrogen-bond acceptors (Lipinski definition) is 8. The summed E-state index contributed by atoms with van der Waals surface area (Å²) in [6, 6.07) is 3.14. The number of Topliss-reactive ketones (excluding diaryl/α,β-unsaturated/α-hetero) is 1. The molecule has 0 saturated carbocycles. The molecule has 0 aliphatic carbocycles. The average Bonchev–Trinajstić information content (AvgIpc) is 3.34. The molecule has 2 aliphatic heterocycles. The number of likely N-dealkylation sites (tertiary alicyclic amines) is 1. The normalized spacial score (nSPS) is 22.1. The Labute approximate surface area is 178 Å². The highest BCUT2D eigenvalue weighted by atomic mass is 32.1. The van der Waals surface area contributed by atoms with E-state index in [2.05, 4.69) is 14.9 Å². The van der Waals surface area contributed by atoms with E-state index in [1.165, 1.54) is 17.5 Å². The second kappa shape index (κ2) is 8.63. The number of amides is 1. The standard InChI is InChI=1S/C21H24N4O4S/c1-13-15(12-22-14(2)23-13)19(26)17-18(16-4-3-11-30-16)25(21(28)20(17)27)6-5-24-7-9-29-10-8-24/h3-4,11-12,18,26H,5-10H2,1-2H3/b19-17+. The van der Waals surface area contributed by atoms with Crippen molar-refractivity contribution in [2.75, 3.05) is 39.4 Å². The van der Waals surface area contributed by atoms with Gasteiger partial charge in [-0.15, -0.1) is 11.3 Å². The molecule has 0 spiro atoms. The van der Waals surface area contributed by atoms with Crippen molar-refractivity contribution in [2.45, 2.75) is 19.9 Å². The first-order valence-electron chi connectivity index (χ1n) is 9.90. The Balaban J connectivity index is 1.71. The zero-order valence-electron chi connectivity index (χ0n) is 17.0. The molecule has 9 heteroatoms. The predicted octanol–water partition coefficient (Wildman–Crippen LogP) is 1.91. The van der Waals surface area contributed by atoms with E-state index >= 15 is 0 Å². The first-order valence-corrected chi connectivity index (χ1v) is 10.8. The van der Waals surface area contributed by atoms with Crippen molar-refractivity contribution in [1.29, 1.82) is 0 Å². The molecule has 158 valence electrons. The highest BCUT2D eigenvalue weighted by Crippen LogP contribution is 2.41. The van der Waals surface area contributed by atoms with Crippen molar-refractivity contribution in [1.82, 2.24) is 19.8 Å². The van der Waals surface area contributed by atoms with Crippen LogP contribution in [0, 0.1) is 13.8 Å². The summed E-state index contributed by atoms with van der Waals surface area (Å²) in [4.78, 5) is 39.0. The number of morpholine rings is 1. The fourth-order valence-electron chi connectivity index (χ4n) is 3.89. The first-order chi connectivity index (χ1) is 14.5. The van der Waals surface area contributed by atoms with Crippen molar-refractivity contribution in [2.24, 2.45) is 0 Å². The molecule has 1 atom stereocenters. The summed E-state index contributed by atoms with van der Waals surface area (Å²) in [6.07, 6.45) is 1.50. The molecular weight excluding hydrogens is 404 g/mol. The predicted molar refractivity (Wildman–Crippen MR) is 112 cm³/mol. The lowest BCUT2D eigenvalue weighted by atomic mass is 10.00. The molecular formula is C21H24N4O4S. The van der Waals surface area contributed by atoms with Crippen LogP contribution < -0.4 is 0 Å². The van der Waals surface area contributed by atoms with Gasteiger partial charge < -0.3 is 14.7 Å². The van der Waals surface area contributed by atoms with Gasteiger partial charge in [0, 0.05) is 37.3 Å². The molecule has 1 amide bonds. The summed E-state index contributed by atoms with van der Waals surface area (Å²) in [5, 5.41) is 13.0. The van der Waals surface area contributed by atoms with Gasteiger partial charge in [0.25, 0.3) is 11.7 Å². The van der Waals surface area contributed by atoms with Gasteiger partial charge in [-0.05, 0) is 25.3 Å². The van der Waals surface area contributed by atoms with E-state index in [0.29, 0.717) is 43.4 Å². The summed E-state index contributed by atoms with van der Waals surface area (Å²) >= 11 is 1.46. The molecule has 1 unspecified atom stereocenters. The number of aliphatic hydroxyl groups is 1. The molecule has 0 bridgehead atoms. The summed E-state index contributed by atoms with van der Waals surface area (Å²) in [7, 11) is 0. The Morgan fingerprint density at radius 2 is 2.03 bits per heavy atom. The fraction of sp³-hybridized carbons (Fsp3) is 0.429. The van der Waals surface area contributed by atoms with Crippen LogP contribution in [0.3, 0.4) is 0 Å². The van der Waals surface area contributed by atoms with E-state index in [9.17, 15) is 14.7 Å². The van der Waals surface area contributed by atoms with Gasteiger partial charge in [-0.1, -0.05) is 6.07 Å². The SMILES string of the molecule is Cc1ncc(/C(O)=C2\C(=O)C(=O)N(CCN3CCOCC3)C2c2cccs2)c(C)n1. The number of rotatable bonds is 5. The lowest BCUT2D eigenvalue weighted by Crippen LogP contribution is -2.42. The van der Waals surface area contributed by atoms with Gasteiger partial charge in [0.15, 0.2) is 0 Å². The number of carbonyl (C=O) groups is 2. The molecule has 8 nitrogen and oxygen atoms in total. The average molecular weight is 429 g/mol. The second-order valence-electron chi connectivity index (χ2n) is 7.38. The van der Waals surface area contributed by atoms with Crippen molar-refractivity contribution < 1.29 is 19.4 Å².